The fraction of sp³-hybridized carbons (Fsp3) is 0.429. The second-order valence-corrected chi connectivity index (χ2v) is 4.46. The Balaban J connectivity index is 2.97. The van der Waals surface area contributed by atoms with Crippen LogP contribution < -0.4 is 10.5 Å². The van der Waals surface area contributed by atoms with Crippen LogP contribution in [0.15, 0.2) is 12.1 Å². The molecule has 0 aliphatic carbocycles. The second kappa shape index (κ2) is 6.33. The van der Waals surface area contributed by atoms with E-state index in [1.54, 1.807) is 12.1 Å². The van der Waals surface area contributed by atoms with Gasteiger partial charge in [-0.05, 0) is 49.1 Å². The zero-order chi connectivity index (χ0) is 14.6. The van der Waals surface area contributed by atoms with E-state index < -0.39 is 12.0 Å². The summed E-state index contributed by atoms with van der Waals surface area (Å²) >= 11 is 0. The number of hydrogen-bond donors (Lipinski definition) is 1. The highest BCUT2D eigenvalue weighted by atomic mass is 16.5. The second-order valence-electron chi connectivity index (χ2n) is 4.46. The van der Waals surface area contributed by atoms with Gasteiger partial charge in [0.2, 0.25) is 0 Å². The van der Waals surface area contributed by atoms with Crippen molar-refractivity contribution in [1.82, 2.24) is 0 Å². The van der Waals surface area contributed by atoms with Crippen LogP contribution in [0, 0.1) is 13.8 Å². The summed E-state index contributed by atoms with van der Waals surface area (Å²) < 4.78 is 9.65. The van der Waals surface area contributed by atoms with Gasteiger partial charge in [-0.2, -0.15) is 0 Å². The molecule has 2 N–H and O–H groups in total. The zero-order valence-corrected chi connectivity index (χ0v) is 11.6. The highest BCUT2D eigenvalue weighted by Crippen LogP contribution is 2.23. The van der Waals surface area contributed by atoms with Crippen LogP contribution >= 0.6 is 0 Å². The molecule has 1 aromatic rings. The molecule has 0 bridgehead atoms. The third-order valence-corrected chi connectivity index (χ3v) is 2.86. The predicted octanol–water partition coefficient (Wildman–Crippen LogP) is 1.27. The number of carbonyl (C=O) groups is 2. The summed E-state index contributed by atoms with van der Waals surface area (Å²) in [5.41, 5.74) is 8.58. The highest BCUT2D eigenvalue weighted by Gasteiger charge is 2.17. The van der Waals surface area contributed by atoms with Gasteiger partial charge in [0.15, 0.2) is 0 Å². The predicted molar refractivity (Wildman–Crippen MR) is 70.9 cm³/mol. The van der Waals surface area contributed by atoms with E-state index in [0.29, 0.717) is 12.2 Å². The molecule has 0 unspecified atom stereocenters. The molecule has 1 atom stereocenters. The van der Waals surface area contributed by atoms with Crippen molar-refractivity contribution in [3.05, 3.63) is 28.8 Å². The fourth-order valence-electron chi connectivity index (χ4n) is 1.96. The Hall–Kier alpha value is -1.88. The summed E-state index contributed by atoms with van der Waals surface area (Å²) in [7, 11) is 1.31. The van der Waals surface area contributed by atoms with Crippen LogP contribution in [0.3, 0.4) is 0 Å². The molecule has 1 aromatic carbocycles. The van der Waals surface area contributed by atoms with Crippen LogP contribution in [0.4, 0.5) is 0 Å². The van der Waals surface area contributed by atoms with Gasteiger partial charge in [-0.3, -0.25) is 9.59 Å². The number of benzene rings is 1. The number of rotatable bonds is 4. The maximum absolute atomic E-state index is 11.3. The number of aryl methyl sites for hydroxylation is 2. The molecule has 0 fully saturated rings. The topological polar surface area (TPSA) is 78.6 Å². The molecule has 0 saturated heterocycles. The average molecular weight is 265 g/mol. The number of nitrogens with two attached hydrogens (primary N) is 1. The first-order valence-electron chi connectivity index (χ1n) is 5.97. The lowest BCUT2D eigenvalue weighted by atomic mass is 9.96. The summed E-state index contributed by atoms with van der Waals surface area (Å²) in [6.45, 7) is 5.13. The number of carbonyl (C=O) groups excluding carboxylic acids is 2. The van der Waals surface area contributed by atoms with Crippen LogP contribution in [0.1, 0.15) is 23.6 Å². The Morgan fingerprint density at radius 3 is 2.21 bits per heavy atom. The van der Waals surface area contributed by atoms with E-state index in [9.17, 15) is 9.59 Å². The maximum atomic E-state index is 11.3. The molecule has 104 valence electrons. The van der Waals surface area contributed by atoms with Crippen molar-refractivity contribution in [2.45, 2.75) is 33.2 Å². The minimum Gasteiger partial charge on any atom is -0.468 e. The Labute approximate surface area is 112 Å². The molecule has 0 amide bonds. The van der Waals surface area contributed by atoms with Crippen molar-refractivity contribution in [1.29, 1.82) is 0 Å². The summed E-state index contributed by atoms with van der Waals surface area (Å²) in [5.74, 6) is -0.307. The largest absolute Gasteiger partial charge is 0.468 e. The van der Waals surface area contributed by atoms with Gasteiger partial charge in [0.25, 0.3) is 0 Å². The Kier molecular flexibility index (Phi) is 5.06. The molecule has 5 heteroatoms. The quantitative estimate of drug-likeness (QED) is 0.655. The van der Waals surface area contributed by atoms with E-state index in [2.05, 4.69) is 4.74 Å². The van der Waals surface area contributed by atoms with Crippen molar-refractivity contribution in [3.8, 4) is 5.75 Å². The van der Waals surface area contributed by atoms with Gasteiger partial charge in [0, 0.05) is 6.92 Å². The van der Waals surface area contributed by atoms with Gasteiger partial charge in [-0.25, -0.2) is 0 Å². The van der Waals surface area contributed by atoms with Gasteiger partial charge >= 0.3 is 11.9 Å². The van der Waals surface area contributed by atoms with Crippen LogP contribution in [-0.2, 0) is 20.7 Å². The third kappa shape index (κ3) is 4.06. The molecule has 0 radical (unpaired) electrons. The zero-order valence-electron chi connectivity index (χ0n) is 11.6. The van der Waals surface area contributed by atoms with E-state index in [4.69, 9.17) is 10.5 Å². The molecule has 5 nitrogen and oxygen atoms in total. The van der Waals surface area contributed by atoms with E-state index in [0.717, 1.165) is 16.7 Å². The van der Waals surface area contributed by atoms with Gasteiger partial charge in [-0.1, -0.05) is 0 Å². The summed E-state index contributed by atoms with van der Waals surface area (Å²) in [5, 5.41) is 0. The number of methoxy groups -OCH3 is 1. The highest BCUT2D eigenvalue weighted by molar-refractivity contribution is 5.76. The summed E-state index contributed by atoms with van der Waals surface area (Å²) in [6.07, 6.45) is 0.394. The Morgan fingerprint density at radius 2 is 1.79 bits per heavy atom. The molecule has 0 spiro atoms. The van der Waals surface area contributed by atoms with Crippen molar-refractivity contribution < 1.29 is 19.1 Å². The lowest BCUT2D eigenvalue weighted by Crippen LogP contribution is -2.34. The summed E-state index contributed by atoms with van der Waals surface area (Å²) in [6, 6.07) is 2.82. The number of ether oxygens (including phenoxy) is 2. The summed E-state index contributed by atoms with van der Waals surface area (Å²) in [4.78, 5) is 22.3. The molecule has 0 saturated carbocycles. The first kappa shape index (κ1) is 15.2. The van der Waals surface area contributed by atoms with Crippen LogP contribution in [0.2, 0.25) is 0 Å². The van der Waals surface area contributed by atoms with E-state index >= 15 is 0 Å². The molecule has 0 aromatic heterocycles. The van der Waals surface area contributed by atoms with Crippen LogP contribution in [0.5, 0.6) is 5.75 Å². The van der Waals surface area contributed by atoms with E-state index in [1.165, 1.54) is 14.0 Å². The minimum atomic E-state index is -0.693. The van der Waals surface area contributed by atoms with Gasteiger partial charge in [-0.15, -0.1) is 0 Å². The fourth-order valence-corrected chi connectivity index (χ4v) is 1.96. The number of esters is 2. The molecular weight excluding hydrogens is 246 g/mol. The molecule has 19 heavy (non-hydrogen) atoms. The standard InChI is InChI=1S/C14H19NO4/c1-8-5-11(19-10(3)16)6-9(2)12(8)7-13(15)14(17)18-4/h5-6,13H,7,15H2,1-4H3/t13-/m0/s1. The van der Waals surface area contributed by atoms with Crippen molar-refractivity contribution >= 4 is 11.9 Å². The van der Waals surface area contributed by atoms with Crippen molar-refractivity contribution in [2.75, 3.05) is 7.11 Å². The van der Waals surface area contributed by atoms with Gasteiger partial charge in [0.1, 0.15) is 11.8 Å². The Morgan fingerprint density at radius 1 is 1.26 bits per heavy atom. The lowest BCUT2D eigenvalue weighted by Gasteiger charge is -2.15. The molecule has 0 heterocycles. The van der Waals surface area contributed by atoms with Gasteiger partial charge < -0.3 is 15.2 Å². The van der Waals surface area contributed by atoms with Crippen LogP contribution in [-0.4, -0.2) is 25.1 Å². The molecule has 0 aliphatic rings. The Bertz CT molecular complexity index is 473. The maximum Gasteiger partial charge on any atom is 0.322 e. The van der Waals surface area contributed by atoms with Crippen LogP contribution in [0.25, 0.3) is 0 Å². The smallest absolute Gasteiger partial charge is 0.322 e. The normalized spacial score (nSPS) is 11.8. The average Bonchev–Trinajstić information content (AvgIpc) is 2.31. The lowest BCUT2D eigenvalue weighted by molar-refractivity contribution is -0.142. The monoisotopic (exact) mass is 265 g/mol. The number of hydrogen-bond acceptors (Lipinski definition) is 5. The van der Waals surface area contributed by atoms with E-state index in [1.807, 2.05) is 13.8 Å². The van der Waals surface area contributed by atoms with E-state index in [-0.39, 0.29) is 5.97 Å². The van der Waals surface area contributed by atoms with Crippen molar-refractivity contribution in [3.63, 3.8) is 0 Å². The molecular formula is C14H19NO4. The van der Waals surface area contributed by atoms with Crippen molar-refractivity contribution in [2.24, 2.45) is 5.73 Å². The molecule has 0 aliphatic heterocycles. The minimum absolute atomic E-state index is 0.363. The first-order valence-corrected chi connectivity index (χ1v) is 5.97. The van der Waals surface area contributed by atoms with Gasteiger partial charge in [0.05, 0.1) is 7.11 Å². The SMILES string of the molecule is COC(=O)[C@@H](N)Cc1c(C)cc(OC(C)=O)cc1C. The first-order chi connectivity index (χ1) is 8.85. The molecule has 1 rings (SSSR count). The third-order valence-electron chi connectivity index (χ3n) is 2.86.